The van der Waals surface area contributed by atoms with Crippen molar-refractivity contribution >= 4 is 0 Å². The number of hydrogen-bond donors (Lipinski definition) is 1. The molecule has 4 unspecified atom stereocenters. The maximum absolute atomic E-state index is 9.98. The van der Waals surface area contributed by atoms with E-state index in [2.05, 4.69) is 6.92 Å². The largest absolute Gasteiger partial charge is 0.393 e. The van der Waals surface area contributed by atoms with Gasteiger partial charge in [0.05, 0.1) is 6.10 Å². The van der Waals surface area contributed by atoms with Gasteiger partial charge in [0, 0.05) is 0 Å². The Hall–Kier alpha value is -0.0400. The fourth-order valence-corrected chi connectivity index (χ4v) is 10.6. The molecule has 170 valence electrons. The average Bonchev–Trinajstić information content (AvgIpc) is 2.78. The quantitative estimate of drug-likeness (QED) is 0.499. The summed E-state index contributed by atoms with van der Waals surface area (Å²) in [6.45, 7) is 2.49. The van der Waals surface area contributed by atoms with Crippen LogP contribution in [0.25, 0.3) is 0 Å². The number of rotatable bonds is 2. The summed E-state index contributed by atoms with van der Waals surface area (Å²) < 4.78 is 0. The number of hydrogen-bond acceptors (Lipinski definition) is 1. The molecule has 0 amide bonds. The predicted molar refractivity (Wildman–Crippen MR) is 124 cm³/mol. The lowest BCUT2D eigenvalue weighted by Crippen LogP contribution is -2.53. The highest BCUT2D eigenvalue weighted by Gasteiger charge is 2.55. The second-order valence-electron chi connectivity index (χ2n) is 13.4. The van der Waals surface area contributed by atoms with E-state index >= 15 is 0 Å². The van der Waals surface area contributed by atoms with Crippen LogP contribution in [0.2, 0.25) is 0 Å². The van der Waals surface area contributed by atoms with Crippen molar-refractivity contribution in [1.29, 1.82) is 0 Å². The van der Waals surface area contributed by atoms with E-state index in [1.54, 1.807) is 64.2 Å². The first-order valence-corrected chi connectivity index (χ1v) is 14.3. The Balaban J connectivity index is 1.13. The normalized spacial score (nSPS) is 56.2. The van der Waals surface area contributed by atoms with E-state index in [9.17, 15) is 5.11 Å². The van der Waals surface area contributed by atoms with Gasteiger partial charge in [0.25, 0.3) is 0 Å². The van der Waals surface area contributed by atoms with Gasteiger partial charge in [0.2, 0.25) is 0 Å². The molecular formula is C29H48O. The van der Waals surface area contributed by atoms with Gasteiger partial charge in [-0.1, -0.05) is 19.8 Å². The van der Waals surface area contributed by atoms with Crippen molar-refractivity contribution in [3.05, 3.63) is 0 Å². The van der Waals surface area contributed by atoms with Gasteiger partial charge in [0.1, 0.15) is 0 Å². The van der Waals surface area contributed by atoms with Crippen LogP contribution in [0.1, 0.15) is 110 Å². The Morgan fingerprint density at radius 1 is 0.400 bits per heavy atom. The van der Waals surface area contributed by atoms with Gasteiger partial charge in [0.15, 0.2) is 0 Å². The molecule has 0 heterocycles. The smallest absolute Gasteiger partial charge is 0.0540 e. The van der Waals surface area contributed by atoms with E-state index in [-0.39, 0.29) is 6.10 Å². The zero-order valence-electron chi connectivity index (χ0n) is 19.7. The summed E-state index contributed by atoms with van der Waals surface area (Å²) in [5, 5.41) is 9.98. The minimum absolute atomic E-state index is 0.0195. The third kappa shape index (κ3) is 3.72. The molecule has 0 spiro atoms. The van der Waals surface area contributed by atoms with Gasteiger partial charge < -0.3 is 5.11 Å². The molecule has 1 nitrogen and oxygen atoms in total. The molecule has 6 rings (SSSR count). The monoisotopic (exact) mass is 412 g/mol. The van der Waals surface area contributed by atoms with Crippen LogP contribution in [-0.4, -0.2) is 11.2 Å². The average molecular weight is 413 g/mol. The number of aliphatic hydroxyl groups excluding tert-OH is 1. The first-order chi connectivity index (χ1) is 14.7. The SMILES string of the molecule is CC1CCC(C2CC3CCC4CC(C5CCC(O)CC5)CC5CCC(C2)C3C45)CC1. The molecule has 0 radical (unpaired) electrons. The van der Waals surface area contributed by atoms with Gasteiger partial charge >= 0.3 is 0 Å². The molecule has 1 N–H and O–H groups in total. The van der Waals surface area contributed by atoms with Crippen LogP contribution < -0.4 is 0 Å². The maximum atomic E-state index is 9.98. The lowest BCUT2D eigenvalue weighted by Gasteiger charge is -2.61. The number of aliphatic hydroxyl groups is 1. The van der Waals surface area contributed by atoms with E-state index in [0.717, 1.165) is 77.9 Å². The van der Waals surface area contributed by atoms with Crippen LogP contribution in [0.5, 0.6) is 0 Å². The lowest BCUT2D eigenvalue weighted by molar-refractivity contribution is -0.114. The van der Waals surface area contributed by atoms with Crippen molar-refractivity contribution in [2.75, 3.05) is 0 Å². The molecule has 6 saturated carbocycles. The second kappa shape index (κ2) is 8.39. The van der Waals surface area contributed by atoms with Crippen molar-refractivity contribution < 1.29 is 5.11 Å². The lowest BCUT2D eigenvalue weighted by atomic mass is 9.44. The van der Waals surface area contributed by atoms with Crippen LogP contribution in [0.4, 0.5) is 0 Å². The summed E-state index contributed by atoms with van der Waals surface area (Å²) in [5.74, 6) is 11.8. The van der Waals surface area contributed by atoms with Gasteiger partial charge in [-0.3, -0.25) is 0 Å². The molecule has 6 aliphatic rings. The second-order valence-corrected chi connectivity index (χ2v) is 13.4. The first-order valence-electron chi connectivity index (χ1n) is 14.3. The molecule has 0 saturated heterocycles. The molecule has 0 aromatic carbocycles. The molecule has 6 fully saturated rings. The molecule has 0 bridgehead atoms. The van der Waals surface area contributed by atoms with Gasteiger partial charge in [-0.05, 0) is 155 Å². The van der Waals surface area contributed by atoms with Crippen molar-refractivity contribution in [1.82, 2.24) is 0 Å². The van der Waals surface area contributed by atoms with E-state index in [1.807, 2.05) is 0 Å². The van der Waals surface area contributed by atoms with Gasteiger partial charge in [-0.2, -0.15) is 0 Å². The van der Waals surface area contributed by atoms with Crippen LogP contribution in [0.3, 0.4) is 0 Å². The molecule has 6 aliphatic carbocycles. The van der Waals surface area contributed by atoms with Crippen LogP contribution >= 0.6 is 0 Å². The van der Waals surface area contributed by atoms with Crippen LogP contribution in [0.15, 0.2) is 0 Å². The molecule has 4 atom stereocenters. The Morgan fingerprint density at radius 2 is 0.733 bits per heavy atom. The topological polar surface area (TPSA) is 20.2 Å². The van der Waals surface area contributed by atoms with Crippen molar-refractivity contribution in [3.8, 4) is 0 Å². The molecular weight excluding hydrogens is 364 g/mol. The highest BCUT2D eigenvalue weighted by atomic mass is 16.3. The summed E-state index contributed by atoms with van der Waals surface area (Å²) in [6, 6.07) is 0. The highest BCUT2D eigenvalue weighted by molar-refractivity contribution is 5.04. The van der Waals surface area contributed by atoms with Crippen LogP contribution in [0, 0.1) is 65.1 Å². The summed E-state index contributed by atoms with van der Waals surface area (Å²) in [4.78, 5) is 0. The Morgan fingerprint density at radius 3 is 1.13 bits per heavy atom. The van der Waals surface area contributed by atoms with Gasteiger partial charge in [-0.25, -0.2) is 0 Å². The third-order valence-corrected chi connectivity index (χ3v) is 12.0. The Bertz CT molecular complexity index is 503. The Kier molecular flexibility index (Phi) is 5.75. The first kappa shape index (κ1) is 20.6. The van der Waals surface area contributed by atoms with E-state index in [4.69, 9.17) is 0 Å². The standard InChI is InChI=1S/C29H48O/c1-18-2-4-19(5-3-18)25-14-21-6-8-23-16-26(20-10-12-27(30)13-11-20)17-24-9-7-22(15-25)28(21)29(23)24/h18-30H,2-17H2,1H3. The summed E-state index contributed by atoms with van der Waals surface area (Å²) in [7, 11) is 0. The van der Waals surface area contributed by atoms with Crippen molar-refractivity contribution in [2.24, 2.45) is 65.1 Å². The molecule has 30 heavy (non-hydrogen) atoms. The molecule has 1 heteroatoms. The van der Waals surface area contributed by atoms with E-state index < -0.39 is 0 Å². The van der Waals surface area contributed by atoms with Gasteiger partial charge in [-0.15, -0.1) is 0 Å². The minimum Gasteiger partial charge on any atom is -0.393 e. The van der Waals surface area contributed by atoms with Crippen molar-refractivity contribution in [2.45, 2.75) is 116 Å². The zero-order valence-corrected chi connectivity index (χ0v) is 19.7. The minimum atomic E-state index is 0.0195. The summed E-state index contributed by atoms with van der Waals surface area (Å²) in [6.07, 6.45) is 23.7. The fourth-order valence-electron chi connectivity index (χ4n) is 10.6. The third-order valence-electron chi connectivity index (χ3n) is 12.0. The van der Waals surface area contributed by atoms with E-state index in [0.29, 0.717) is 0 Å². The molecule has 0 aliphatic heterocycles. The predicted octanol–water partition coefficient (Wildman–Crippen LogP) is 7.47. The highest BCUT2D eigenvalue weighted by Crippen LogP contribution is 2.63. The zero-order chi connectivity index (χ0) is 20.2. The Labute approximate surface area is 186 Å². The maximum Gasteiger partial charge on any atom is 0.0540 e. The molecule has 0 aromatic heterocycles. The molecule has 0 aromatic rings. The fraction of sp³-hybridized carbons (Fsp3) is 1.00. The van der Waals surface area contributed by atoms with E-state index in [1.165, 1.54) is 25.7 Å². The van der Waals surface area contributed by atoms with Crippen LogP contribution in [-0.2, 0) is 0 Å². The summed E-state index contributed by atoms with van der Waals surface area (Å²) >= 11 is 0. The van der Waals surface area contributed by atoms with Crippen molar-refractivity contribution in [3.63, 3.8) is 0 Å². The summed E-state index contributed by atoms with van der Waals surface area (Å²) in [5.41, 5.74) is 0.